The molecule has 0 unspecified atom stereocenters. The first-order chi connectivity index (χ1) is 13.0. The van der Waals surface area contributed by atoms with Gasteiger partial charge in [0.25, 0.3) is 0 Å². The van der Waals surface area contributed by atoms with Gasteiger partial charge in [0.1, 0.15) is 23.0 Å². The van der Waals surface area contributed by atoms with Gasteiger partial charge in [0.2, 0.25) is 5.89 Å². The smallest absolute Gasteiger partial charge is 0.354 e. The number of rotatable bonds is 4. The maximum absolute atomic E-state index is 14.0. The number of carbonyl (C=O) groups excluding carboxylic acids is 1. The Morgan fingerprint density at radius 1 is 1.37 bits per heavy atom. The van der Waals surface area contributed by atoms with Crippen LogP contribution in [0, 0.1) is 12.7 Å². The summed E-state index contributed by atoms with van der Waals surface area (Å²) in [7, 11) is 1.33. The Hall–Kier alpha value is -2.64. The number of nitrogens with zero attached hydrogens (tertiary/aromatic N) is 2. The second kappa shape index (κ2) is 6.83. The van der Waals surface area contributed by atoms with Crippen LogP contribution >= 0.6 is 22.9 Å². The lowest BCUT2D eigenvalue weighted by atomic mass is 10.2. The highest BCUT2D eigenvalue weighted by Gasteiger charge is 2.21. The molecule has 0 radical (unpaired) electrons. The lowest BCUT2D eigenvalue weighted by molar-refractivity contribution is 0.0589. The minimum atomic E-state index is -0.454. The zero-order valence-electron chi connectivity index (χ0n) is 14.5. The number of hydrogen-bond donors (Lipinski definition) is 0. The number of aryl methyl sites for hydroxylation is 1. The summed E-state index contributed by atoms with van der Waals surface area (Å²) < 4.78 is 27.9. The van der Waals surface area contributed by atoms with Gasteiger partial charge in [-0.05, 0) is 31.2 Å². The molecule has 0 saturated carbocycles. The number of benzene rings is 1. The third-order valence-electron chi connectivity index (χ3n) is 4.26. The Balaban J connectivity index is 1.79. The summed E-state index contributed by atoms with van der Waals surface area (Å²) in [5.74, 6) is -0.113. The Labute approximate surface area is 163 Å². The van der Waals surface area contributed by atoms with E-state index >= 15 is 0 Å². The molecule has 0 saturated heterocycles. The van der Waals surface area contributed by atoms with Crippen molar-refractivity contribution in [2.45, 2.75) is 13.5 Å². The fraction of sp³-hybridized carbons (Fsp3) is 0.158. The molecule has 5 nitrogen and oxygen atoms in total. The van der Waals surface area contributed by atoms with Gasteiger partial charge < -0.3 is 13.7 Å². The zero-order chi connectivity index (χ0) is 19.1. The average Bonchev–Trinajstić information content (AvgIpc) is 3.29. The van der Waals surface area contributed by atoms with Crippen molar-refractivity contribution < 1.29 is 18.3 Å². The number of oxazole rings is 1. The number of hydrogen-bond acceptors (Lipinski definition) is 5. The lowest BCUT2D eigenvalue weighted by Gasteiger charge is -2.07. The zero-order valence-corrected chi connectivity index (χ0v) is 16.0. The van der Waals surface area contributed by atoms with Gasteiger partial charge in [-0.15, -0.1) is 11.3 Å². The maximum Gasteiger partial charge on any atom is 0.354 e. The van der Waals surface area contributed by atoms with Crippen molar-refractivity contribution in [1.29, 1.82) is 0 Å². The molecule has 0 spiro atoms. The molecular weight excluding hydrogens is 391 g/mol. The molecule has 0 N–H and O–H groups in total. The van der Waals surface area contributed by atoms with Crippen molar-refractivity contribution in [1.82, 2.24) is 9.55 Å². The minimum absolute atomic E-state index is 0.201. The summed E-state index contributed by atoms with van der Waals surface area (Å²) in [6.07, 6.45) is 0. The lowest BCUT2D eigenvalue weighted by Crippen LogP contribution is -2.12. The number of carbonyl (C=O) groups is 1. The van der Waals surface area contributed by atoms with Crippen LogP contribution in [0.4, 0.5) is 4.39 Å². The molecule has 4 rings (SSSR count). The number of fused-ring (bicyclic) bond motifs is 1. The van der Waals surface area contributed by atoms with Gasteiger partial charge in [0.15, 0.2) is 0 Å². The first kappa shape index (κ1) is 17.8. The van der Waals surface area contributed by atoms with Crippen molar-refractivity contribution >= 4 is 39.1 Å². The topological polar surface area (TPSA) is 57.3 Å². The minimum Gasteiger partial charge on any atom is -0.464 e. The molecule has 0 amide bonds. The van der Waals surface area contributed by atoms with Gasteiger partial charge >= 0.3 is 5.97 Å². The molecule has 138 valence electrons. The number of methoxy groups -OCH3 is 1. The van der Waals surface area contributed by atoms with Crippen molar-refractivity contribution in [3.63, 3.8) is 0 Å². The molecule has 3 aromatic heterocycles. The Morgan fingerprint density at radius 2 is 2.15 bits per heavy atom. The maximum atomic E-state index is 14.0. The number of esters is 1. The highest BCUT2D eigenvalue weighted by atomic mass is 35.5. The Morgan fingerprint density at radius 3 is 2.89 bits per heavy atom. The Kier molecular flexibility index (Phi) is 4.49. The van der Waals surface area contributed by atoms with E-state index in [1.54, 1.807) is 41.8 Å². The molecular formula is C19H14ClFN2O3S. The van der Waals surface area contributed by atoms with E-state index < -0.39 is 11.8 Å². The van der Waals surface area contributed by atoms with Gasteiger partial charge in [0.05, 0.1) is 33.8 Å². The predicted molar refractivity (Wildman–Crippen MR) is 102 cm³/mol. The number of halogens is 2. The SMILES string of the molecule is COC(=O)c1cc2sc(Cl)cc2n1Cc1nc(-c2ccccc2F)oc1C. The third kappa shape index (κ3) is 3.13. The predicted octanol–water partition coefficient (Wildman–Crippen LogP) is 5.29. The average molecular weight is 405 g/mol. The normalized spacial score (nSPS) is 11.3. The molecule has 0 aliphatic carbocycles. The van der Waals surface area contributed by atoms with Crippen LogP contribution in [0.25, 0.3) is 21.7 Å². The third-order valence-corrected chi connectivity index (χ3v) is 5.46. The molecule has 0 fully saturated rings. The summed E-state index contributed by atoms with van der Waals surface area (Å²) in [4.78, 5) is 16.6. The van der Waals surface area contributed by atoms with Crippen LogP contribution in [0.3, 0.4) is 0 Å². The van der Waals surface area contributed by atoms with Crippen molar-refractivity contribution in [2.24, 2.45) is 0 Å². The summed E-state index contributed by atoms with van der Waals surface area (Å²) in [6.45, 7) is 2.02. The van der Waals surface area contributed by atoms with E-state index in [9.17, 15) is 9.18 Å². The van der Waals surface area contributed by atoms with Crippen LogP contribution < -0.4 is 0 Å². The van der Waals surface area contributed by atoms with Gasteiger partial charge in [0, 0.05) is 0 Å². The molecule has 0 bridgehead atoms. The standard InChI is InChI=1S/C19H14ClFN2O3S/c1-10-13(22-18(26-10)11-5-3-4-6-12(11)21)9-23-14-8-17(20)27-16(14)7-15(23)19(24)25-2/h3-8H,9H2,1-2H3. The molecule has 0 aliphatic heterocycles. The van der Waals surface area contributed by atoms with Crippen LogP contribution in [0.2, 0.25) is 4.34 Å². The van der Waals surface area contributed by atoms with E-state index in [0.717, 1.165) is 10.2 Å². The summed E-state index contributed by atoms with van der Waals surface area (Å²) in [5, 5.41) is 0. The van der Waals surface area contributed by atoms with E-state index in [0.29, 0.717) is 21.5 Å². The van der Waals surface area contributed by atoms with Gasteiger partial charge in [-0.1, -0.05) is 23.7 Å². The second-order valence-electron chi connectivity index (χ2n) is 5.91. The highest BCUT2D eigenvalue weighted by Crippen LogP contribution is 2.33. The fourth-order valence-corrected chi connectivity index (χ4v) is 4.11. The van der Waals surface area contributed by atoms with E-state index in [-0.39, 0.29) is 18.0 Å². The largest absolute Gasteiger partial charge is 0.464 e. The van der Waals surface area contributed by atoms with E-state index in [2.05, 4.69) is 4.98 Å². The van der Waals surface area contributed by atoms with Gasteiger partial charge in [-0.2, -0.15) is 0 Å². The number of thiophene rings is 1. The highest BCUT2D eigenvalue weighted by molar-refractivity contribution is 7.22. The summed E-state index contributed by atoms with van der Waals surface area (Å²) >= 11 is 7.49. The quantitative estimate of drug-likeness (QED) is 0.433. The van der Waals surface area contributed by atoms with E-state index in [1.807, 2.05) is 0 Å². The monoisotopic (exact) mass is 404 g/mol. The van der Waals surface area contributed by atoms with Crippen LogP contribution in [-0.2, 0) is 11.3 Å². The molecule has 0 atom stereocenters. The van der Waals surface area contributed by atoms with Crippen molar-refractivity contribution in [2.75, 3.05) is 7.11 Å². The molecule has 1 aromatic carbocycles. The first-order valence-corrected chi connectivity index (χ1v) is 9.25. The number of aromatic nitrogens is 2. The Bertz CT molecular complexity index is 1160. The fourth-order valence-electron chi connectivity index (χ4n) is 2.93. The molecule has 3 heterocycles. The van der Waals surface area contributed by atoms with E-state index in [1.165, 1.54) is 24.5 Å². The van der Waals surface area contributed by atoms with Gasteiger partial charge in [-0.3, -0.25) is 0 Å². The second-order valence-corrected chi connectivity index (χ2v) is 7.62. The van der Waals surface area contributed by atoms with E-state index in [4.69, 9.17) is 20.8 Å². The summed E-state index contributed by atoms with van der Waals surface area (Å²) in [5.41, 5.74) is 2.08. The number of ether oxygens (including phenoxy) is 1. The van der Waals surface area contributed by atoms with Crippen molar-refractivity contribution in [3.05, 3.63) is 63.7 Å². The molecule has 0 aliphatic rings. The molecule has 8 heteroatoms. The van der Waals surface area contributed by atoms with Crippen molar-refractivity contribution in [3.8, 4) is 11.5 Å². The van der Waals surface area contributed by atoms with Crippen LogP contribution in [-0.4, -0.2) is 22.6 Å². The first-order valence-electron chi connectivity index (χ1n) is 8.06. The van der Waals surface area contributed by atoms with Crippen LogP contribution in [0.15, 0.2) is 40.8 Å². The molecule has 4 aromatic rings. The summed E-state index contributed by atoms with van der Waals surface area (Å²) in [6, 6.07) is 9.82. The van der Waals surface area contributed by atoms with Crippen LogP contribution in [0.5, 0.6) is 0 Å². The van der Waals surface area contributed by atoms with Crippen LogP contribution in [0.1, 0.15) is 21.9 Å². The molecule has 27 heavy (non-hydrogen) atoms. The van der Waals surface area contributed by atoms with Gasteiger partial charge in [-0.25, -0.2) is 14.2 Å².